The molecule has 2 heteroatoms. The molecule has 2 heterocycles. The molecule has 2 saturated heterocycles. The van der Waals surface area contributed by atoms with E-state index in [9.17, 15) is 0 Å². The maximum absolute atomic E-state index is 2.68. The molecule has 0 radical (unpaired) electrons. The molecule has 0 unspecified atom stereocenters. The predicted octanol–water partition coefficient (Wildman–Crippen LogP) is 3.04. The van der Waals surface area contributed by atoms with Gasteiger partial charge >= 0.3 is 0 Å². The third-order valence-electron chi connectivity index (χ3n) is 3.85. The second kappa shape index (κ2) is 3.74. The fourth-order valence-corrected chi connectivity index (χ4v) is 3.50. The van der Waals surface area contributed by atoms with Crippen LogP contribution in [-0.4, -0.2) is 33.7 Å². The predicted molar refractivity (Wildman–Crippen MR) is 64.6 cm³/mol. The largest absolute Gasteiger partial charge is 0.235 e. The van der Waals surface area contributed by atoms with Crippen LogP contribution in [0, 0.1) is 0 Å². The first kappa shape index (κ1) is 11.4. The molecule has 0 aromatic rings. The molecule has 0 spiro atoms. The topological polar surface area (TPSA) is 6.48 Å². The van der Waals surface area contributed by atoms with Crippen molar-refractivity contribution in [3.63, 3.8) is 0 Å². The summed E-state index contributed by atoms with van der Waals surface area (Å²) in [5.74, 6) is 0. The standard InChI is InChI=1S/C13H26N2/c1-10(2)14-11-6-8-12(9-7-11)15(14)13(3,4)5/h10-12H,6-9H2,1-5H3. The monoisotopic (exact) mass is 210 g/mol. The van der Waals surface area contributed by atoms with Crippen LogP contribution >= 0.6 is 0 Å². The smallest absolute Gasteiger partial charge is 0.0275 e. The van der Waals surface area contributed by atoms with E-state index in [0.717, 1.165) is 12.1 Å². The van der Waals surface area contributed by atoms with E-state index in [2.05, 4.69) is 44.6 Å². The van der Waals surface area contributed by atoms with Crippen molar-refractivity contribution in [3.8, 4) is 0 Å². The van der Waals surface area contributed by atoms with E-state index in [1.807, 2.05) is 0 Å². The molecule has 0 aromatic carbocycles. The average molecular weight is 210 g/mol. The lowest BCUT2D eigenvalue weighted by Gasteiger charge is -2.60. The maximum atomic E-state index is 2.68. The highest BCUT2D eigenvalue weighted by atomic mass is 15.7. The fraction of sp³-hybridized carbons (Fsp3) is 1.00. The van der Waals surface area contributed by atoms with Gasteiger partial charge in [-0.1, -0.05) is 0 Å². The Labute approximate surface area is 94.6 Å². The highest BCUT2D eigenvalue weighted by molar-refractivity contribution is 4.95. The Morgan fingerprint density at radius 2 is 1.40 bits per heavy atom. The molecule has 2 nitrogen and oxygen atoms in total. The Morgan fingerprint density at radius 3 is 1.73 bits per heavy atom. The van der Waals surface area contributed by atoms with Gasteiger partial charge in [0, 0.05) is 23.7 Å². The number of rotatable bonds is 1. The molecule has 2 bridgehead atoms. The quantitative estimate of drug-likeness (QED) is 0.656. The van der Waals surface area contributed by atoms with Gasteiger partial charge in [0.1, 0.15) is 0 Å². The van der Waals surface area contributed by atoms with E-state index in [0.29, 0.717) is 6.04 Å². The number of hydrazine groups is 1. The fourth-order valence-electron chi connectivity index (χ4n) is 3.50. The second-order valence-corrected chi connectivity index (χ2v) is 6.45. The molecular formula is C13H26N2. The summed E-state index contributed by atoms with van der Waals surface area (Å²) >= 11 is 0. The van der Waals surface area contributed by atoms with Crippen molar-refractivity contribution in [3.05, 3.63) is 0 Å². The van der Waals surface area contributed by atoms with Gasteiger partial charge in [0.05, 0.1) is 0 Å². The molecular weight excluding hydrogens is 184 g/mol. The van der Waals surface area contributed by atoms with Crippen molar-refractivity contribution in [2.75, 3.05) is 0 Å². The van der Waals surface area contributed by atoms with Gasteiger partial charge in [-0.2, -0.15) is 0 Å². The van der Waals surface area contributed by atoms with Crippen molar-refractivity contribution < 1.29 is 0 Å². The molecule has 1 aliphatic carbocycles. The van der Waals surface area contributed by atoms with Gasteiger partial charge in [0.25, 0.3) is 0 Å². The van der Waals surface area contributed by atoms with Gasteiger partial charge in [-0.25, -0.2) is 10.0 Å². The molecule has 0 aromatic heterocycles. The van der Waals surface area contributed by atoms with E-state index < -0.39 is 0 Å². The summed E-state index contributed by atoms with van der Waals surface area (Å²) in [4.78, 5) is 0. The van der Waals surface area contributed by atoms with Crippen LogP contribution in [0.3, 0.4) is 0 Å². The van der Waals surface area contributed by atoms with Crippen molar-refractivity contribution in [2.24, 2.45) is 0 Å². The van der Waals surface area contributed by atoms with Crippen molar-refractivity contribution in [1.29, 1.82) is 0 Å². The van der Waals surface area contributed by atoms with Gasteiger partial charge in [-0.3, -0.25) is 0 Å². The van der Waals surface area contributed by atoms with Crippen LogP contribution in [0.5, 0.6) is 0 Å². The van der Waals surface area contributed by atoms with E-state index in [-0.39, 0.29) is 5.54 Å². The molecule has 0 amide bonds. The molecule has 3 aliphatic rings. The Kier molecular flexibility index (Phi) is 2.85. The summed E-state index contributed by atoms with van der Waals surface area (Å²) in [6.45, 7) is 11.7. The van der Waals surface area contributed by atoms with Crippen LogP contribution in [0.25, 0.3) is 0 Å². The van der Waals surface area contributed by atoms with E-state index in [4.69, 9.17) is 0 Å². The first-order valence-electron chi connectivity index (χ1n) is 6.49. The molecule has 1 saturated carbocycles. The Balaban J connectivity index is 2.25. The van der Waals surface area contributed by atoms with Crippen molar-refractivity contribution >= 4 is 0 Å². The Hall–Kier alpha value is -0.0800. The van der Waals surface area contributed by atoms with E-state index in [1.165, 1.54) is 25.7 Å². The zero-order valence-corrected chi connectivity index (χ0v) is 11.0. The minimum atomic E-state index is 0.286. The third-order valence-corrected chi connectivity index (χ3v) is 3.85. The highest BCUT2D eigenvalue weighted by Gasteiger charge is 2.45. The summed E-state index contributed by atoms with van der Waals surface area (Å²) < 4.78 is 0. The molecule has 2 aliphatic heterocycles. The van der Waals surface area contributed by atoms with Crippen molar-refractivity contribution in [2.45, 2.75) is 84.0 Å². The normalized spacial score (nSPS) is 34.0. The lowest BCUT2D eigenvalue weighted by Crippen LogP contribution is -2.68. The van der Waals surface area contributed by atoms with Crippen LogP contribution < -0.4 is 0 Å². The molecule has 0 N–H and O–H groups in total. The zero-order valence-electron chi connectivity index (χ0n) is 11.0. The van der Waals surface area contributed by atoms with Crippen molar-refractivity contribution in [1.82, 2.24) is 10.0 Å². The second-order valence-electron chi connectivity index (χ2n) is 6.45. The Morgan fingerprint density at radius 1 is 0.933 bits per heavy atom. The third kappa shape index (κ3) is 1.94. The molecule has 15 heavy (non-hydrogen) atoms. The SMILES string of the molecule is CC(C)N1C2CCC(CC2)N1C(C)(C)C. The number of hydrogen-bond donors (Lipinski definition) is 0. The average Bonchev–Trinajstić information content (AvgIpc) is 2.16. The minimum absolute atomic E-state index is 0.286. The zero-order chi connectivity index (χ0) is 11.2. The first-order valence-corrected chi connectivity index (χ1v) is 6.49. The lowest BCUT2D eigenvalue weighted by molar-refractivity contribution is -0.217. The maximum Gasteiger partial charge on any atom is 0.0275 e. The lowest BCUT2D eigenvalue weighted by atomic mass is 9.84. The summed E-state index contributed by atoms with van der Waals surface area (Å²) in [7, 11) is 0. The molecule has 88 valence electrons. The van der Waals surface area contributed by atoms with Crippen LogP contribution in [0.15, 0.2) is 0 Å². The first-order chi connectivity index (χ1) is 6.91. The van der Waals surface area contributed by atoms with Crippen LogP contribution in [0.1, 0.15) is 60.3 Å². The summed E-state index contributed by atoms with van der Waals surface area (Å²) in [6.07, 6.45) is 5.64. The van der Waals surface area contributed by atoms with E-state index in [1.54, 1.807) is 0 Å². The number of nitrogens with zero attached hydrogens (tertiary/aromatic N) is 2. The number of hydrogen-bond acceptors (Lipinski definition) is 2. The molecule has 3 fully saturated rings. The minimum Gasteiger partial charge on any atom is -0.235 e. The molecule has 0 atom stereocenters. The van der Waals surface area contributed by atoms with E-state index >= 15 is 0 Å². The van der Waals surface area contributed by atoms with Gasteiger partial charge in [0.2, 0.25) is 0 Å². The number of fused-ring (bicyclic) bond motifs is 3. The van der Waals surface area contributed by atoms with Gasteiger partial charge in [-0.05, 0) is 60.3 Å². The van der Waals surface area contributed by atoms with Crippen LogP contribution in [0.2, 0.25) is 0 Å². The molecule has 3 rings (SSSR count). The van der Waals surface area contributed by atoms with Crippen LogP contribution in [-0.2, 0) is 0 Å². The summed E-state index contributed by atoms with van der Waals surface area (Å²) in [6, 6.07) is 2.27. The summed E-state index contributed by atoms with van der Waals surface area (Å²) in [5, 5.41) is 5.34. The van der Waals surface area contributed by atoms with Crippen LogP contribution in [0.4, 0.5) is 0 Å². The summed E-state index contributed by atoms with van der Waals surface area (Å²) in [5.41, 5.74) is 0.286. The highest BCUT2D eigenvalue weighted by Crippen LogP contribution is 2.40. The van der Waals surface area contributed by atoms with Gasteiger partial charge in [0.15, 0.2) is 0 Å². The van der Waals surface area contributed by atoms with Gasteiger partial charge < -0.3 is 0 Å². The Bertz CT molecular complexity index is 221. The van der Waals surface area contributed by atoms with Gasteiger partial charge in [-0.15, -0.1) is 0 Å².